The lowest BCUT2D eigenvalue weighted by atomic mass is 9.93. The molecule has 1 aliphatic heterocycles. The fourth-order valence-electron chi connectivity index (χ4n) is 2.54. The number of hydrogen-bond donors (Lipinski definition) is 2. The number of anilines is 1. The fraction of sp³-hybridized carbons (Fsp3) is 0.500. The van der Waals surface area contributed by atoms with Crippen molar-refractivity contribution in [1.82, 2.24) is 5.32 Å². The number of esters is 1. The lowest BCUT2D eigenvalue weighted by Gasteiger charge is -2.22. The first kappa shape index (κ1) is 15.5. The lowest BCUT2D eigenvalue weighted by molar-refractivity contribution is -0.116. The van der Waals surface area contributed by atoms with Gasteiger partial charge in [0.25, 0.3) is 0 Å². The van der Waals surface area contributed by atoms with Crippen LogP contribution in [-0.2, 0) is 9.53 Å². The molecular weight excluding hydrogens is 268 g/mol. The van der Waals surface area contributed by atoms with E-state index in [-0.39, 0.29) is 11.9 Å². The minimum Gasteiger partial charge on any atom is -0.465 e. The number of methoxy groups -OCH3 is 1. The van der Waals surface area contributed by atoms with Gasteiger partial charge in [-0.2, -0.15) is 0 Å². The van der Waals surface area contributed by atoms with Gasteiger partial charge in [-0.15, -0.1) is 0 Å². The second-order valence-electron chi connectivity index (χ2n) is 5.35. The molecule has 1 aromatic rings. The van der Waals surface area contributed by atoms with Crippen molar-refractivity contribution in [2.45, 2.75) is 25.7 Å². The van der Waals surface area contributed by atoms with Gasteiger partial charge >= 0.3 is 5.97 Å². The van der Waals surface area contributed by atoms with E-state index in [1.807, 2.05) is 0 Å². The van der Waals surface area contributed by atoms with Crippen molar-refractivity contribution >= 4 is 17.6 Å². The highest BCUT2D eigenvalue weighted by Crippen LogP contribution is 2.18. The summed E-state index contributed by atoms with van der Waals surface area (Å²) in [5.74, 6) is 0.303. The van der Waals surface area contributed by atoms with Crippen molar-refractivity contribution in [3.05, 3.63) is 29.8 Å². The Morgan fingerprint density at radius 2 is 1.90 bits per heavy atom. The van der Waals surface area contributed by atoms with Gasteiger partial charge in [0.05, 0.1) is 12.7 Å². The number of nitrogens with one attached hydrogen (secondary N) is 2. The molecule has 1 heterocycles. The van der Waals surface area contributed by atoms with E-state index in [1.165, 1.54) is 7.11 Å². The van der Waals surface area contributed by atoms with Crippen LogP contribution in [0.4, 0.5) is 5.69 Å². The van der Waals surface area contributed by atoms with Gasteiger partial charge in [0.2, 0.25) is 5.91 Å². The second kappa shape index (κ2) is 7.78. The van der Waals surface area contributed by atoms with E-state index >= 15 is 0 Å². The van der Waals surface area contributed by atoms with Gasteiger partial charge in [-0.25, -0.2) is 4.79 Å². The lowest BCUT2D eigenvalue weighted by Crippen LogP contribution is -2.28. The molecule has 0 aromatic heterocycles. The Hall–Kier alpha value is -1.88. The number of amides is 1. The molecule has 1 fully saturated rings. The van der Waals surface area contributed by atoms with E-state index in [9.17, 15) is 9.59 Å². The standard InChI is InChI=1S/C16H22N2O3/c1-21-16(20)13-3-5-14(6-4-13)18-15(19)7-2-12-8-10-17-11-9-12/h3-6,12,17H,2,7-11H2,1H3,(H,18,19). The van der Waals surface area contributed by atoms with Crippen molar-refractivity contribution in [2.75, 3.05) is 25.5 Å². The monoisotopic (exact) mass is 290 g/mol. The Morgan fingerprint density at radius 1 is 1.24 bits per heavy atom. The molecule has 0 spiro atoms. The number of benzene rings is 1. The number of rotatable bonds is 5. The predicted molar refractivity (Wildman–Crippen MR) is 81.2 cm³/mol. The Labute approximate surface area is 125 Å². The maximum atomic E-state index is 11.9. The van der Waals surface area contributed by atoms with E-state index in [1.54, 1.807) is 24.3 Å². The number of hydrogen-bond acceptors (Lipinski definition) is 4. The Balaban J connectivity index is 1.77. The van der Waals surface area contributed by atoms with E-state index < -0.39 is 0 Å². The van der Waals surface area contributed by atoms with Crippen LogP contribution in [0.2, 0.25) is 0 Å². The van der Waals surface area contributed by atoms with Crippen LogP contribution < -0.4 is 10.6 Å². The fourth-order valence-corrected chi connectivity index (χ4v) is 2.54. The molecule has 2 N–H and O–H groups in total. The van der Waals surface area contributed by atoms with Gasteiger partial charge in [-0.1, -0.05) is 0 Å². The van der Waals surface area contributed by atoms with Gasteiger partial charge in [0.1, 0.15) is 0 Å². The summed E-state index contributed by atoms with van der Waals surface area (Å²) >= 11 is 0. The van der Waals surface area contributed by atoms with Crippen molar-refractivity contribution in [3.63, 3.8) is 0 Å². The van der Waals surface area contributed by atoms with Crippen molar-refractivity contribution in [2.24, 2.45) is 5.92 Å². The molecule has 0 bridgehead atoms. The summed E-state index contributed by atoms with van der Waals surface area (Å²) in [6, 6.07) is 6.73. The van der Waals surface area contributed by atoms with Gasteiger partial charge < -0.3 is 15.4 Å². The van der Waals surface area contributed by atoms with Gasteiger partial charge in [-0.3, -0.25) is 4.79 Å². The maximum absolute atomic E-state index is 11.9. The minimum absolute atomic E-state index is 0.0272. The van der Waals surface area contributed by atoms with E-state index in [0.29, 0.717) is 23.6 Å². The third-order valence-electron chi connectivity index (χ3n) is 3.83. The third-order valence-corrected chi connectivity index (χ3v) is 3.83. The van der Waals surface area contributed by atoms with Crippen LogP contribution in [0, 0.1) is 5.92 Å². The van der Waals surface area contributed by atoms with Crippen molar-refractivity contribution < 1.29 is 14.3 Å². The summed E-state index contributed by atoms with van der Waals surface area (Å²) in [6.07, 6.45) is 3.79. The van der Waals surface area contributed by atoms with Crippen molar-refractivity contribution in [3.8, 4) is 0 Å². The van der Waals surface area contributed by atoms with Crippen LogP contribution in [0.25, 0.3) is 0 Å². The summed E-state index contributed by atoms with van der Waals surface area (Å²) < 4.78 is 4.63. The molecule has 21 heavy (non-hydrogen) atoms. The molecule has 2 rings (SSSR count). The van der Waals surface area contributed by atoms with Crippen molar-refractivity contribution in [1.29, 1.82) is 0 Å². The van der Waals surface area contributed by atoms with Gasteiger partial charge in [0.15, 0.2) is 0 Å². The van der Waals surface area contributed by atoms with E-state index in [0.717, 1.165) is 32.4 Å². The zero-order valence-corrected chi connectivity index (χ0v) is 12.4. The number of carbonyl (C=O) groups excluding carboxylic acids is 2. The van der Waals surface area contributed by atoms with Crippen LogP contribution in [0.5, 0.6) is 0 Å². The molecular formula is C16H22N2O3. The average Bonchev–Trinajstić information content (AvgIpc) is 2.54. The highest BCUT2D eigenvalue weighted by Gasteiger charge is 2.14. The van der Waals surface area contributed by atoms with Crippen LogP contribution in [-0.4, -0.2) is 32.1 Å². The van der Waals surface area contributed by atoms with E-state index in [2.05, 4.69) is 15.4 Å². The molecule has 1 amide bonds. The molecule has 114 valence electrons. The minimum atomic E-state index is -0.376. The normalized spacial score (nSPS) is 15.5. The average molecular weight is 290 g/mol. The van der Waals surface area contributed by atoms with E-state index in [4.69, 9.17) is 0 Å². The second-order valence-corrected chi connectivity index (χ2v) is 5.35. The quantitative estimate of drug-likeness (QED) is 0.816. The van der Waals surface area contributed by atoms with Gasteiger partial charge in [0, 0.05) is 12.1 Å². The molecule has 0 radical (unpaired) electrons. The van der Waals surface area contributed by atoms with Crippen LogP contribution in [0.1, 0.15) is 36.0 Å². The Kier molecular flexibility index (Phi) is 5.75. The number of ether oxygens (including phenoxy) is 1. The SMILES string of the molecule is COC(=O)c1ccc(NC(=O)CCC2CCNCC2)cc1. The first-order valence-corrected chi connectivity index (χ1v) is 7.38. The maximum Gasteiger partial charge on any atom is 0.337 e. The molecule has 0 unspecified atom stereocenters. The Bertz CT molecular complexity index is 479. The summed E-state index contributed by atoms with van der Waals surface area (Å²) in [6.45, 7) is 2.11. The first-order chi connectivity index (χ1) is 10.2. The summed E-state index contributed by atoms with van der Waals surface area (Å²) in [4.78, 5) is 23.2. The molecule has 0 atom stereocenters. The summed E-state index contributed by atoms with van der Waals surface area (Å²) in [5.41, 5.74) is 1.18. The predicted octanol–water partition coefficient (Wildman–Crippen LogP) is 2.19. The third kappa shape index (κ3) is 4.86. The zero-order valence-electron chi connectivity index (χ0n) is 12.4. The Morgan fingerprint density at radius 3 is 2.52 bits per heavy atom. The molecule has 5 nitrogen and oxygen atoms in total. The molecule has 1 saturated heterocycles. The highest BCUT2D eigenvalue weighted by atomic mass is 16.5. The first-order valence-electron chi connectivity index (χ1n) is 7.38. The largest absolute Gasteiger partial charge is 0.465 e. The van der Waals surface area contributed by atoms with Crippen LogP contribution >= 0.6 is 0 Å². The molecule has 1 aliphatic rings. The summed E-state index contributed by atoms with van der Waals surface area (Å²) in [7, 11) is 1.35. The highest BCUT2D eigenvalue weighted by molar-refractivity contribution is 5.93. The zero-order chi connectivity index (χ0) is 15.1. The summed E-state index contributed by atoms with van der Waals surface area (Å²) in [5, 5.41) is 6.18. The molecule has 5 heteroatoms. The molecule has 0 saturated carbocycles. The smallest absolute Gasteiger partial charge is 0.337 e. The topological polar surface area (TPSA) is 67.4 Å². The molecule has 0 aliphatic carbocycles. The van der Waals surface area contributed by atoms with Crippen LogP contribution in [0.15, 0.2) is 24.3 Å². The van der Waals surface area contributed by atoms with Gasteiger partial charge in [-0.05, 0) is 62.5 Å². The number of piperidine rings is 1. The van der Waals surface area contributed by atoms with Crippen LogP contribution in [0.3, 0.4) is 0 Å². The number of carbonyl (C=O) groups is 2. The molecule has 1 aromatic carbocycles.